The van der Waals surface area contributed by atoms with Gasteiger partial charge in [0.25, 0.3) is 0 Å². The van der Waals surface area contributed by atoms with Gasteiger partial charge in [0.1, 0.15) is 0 Å². The molecule has 0 bridgehead atoms. The van der Waals surface area contributed by atoms with Gasteiger partial charge in [-0.1, -0.05) is 12.1 Å². The molecule has 1 aromatic carbocycles. The number of carbonyl (C=O) groups is 2. The van der Waals surface area contributed by atoms with E-state index >= 15 is 0 Å². The van der Waals surface area contributed by atoms with Crippen LogP contribution in [0.15, 0.2) is 24.3 Å². The van der Waals surface area contributed by atoms with Crippen LogP contribution in [0.1, 0.15) is 0 Å². The van der Waals surface area contributed by atoms with E-state index in [-0.39, 0.29) is 5.91 Å². The Labute approximate surface area is 93.4 Å². The average Bonchev–Trinajstić information content (AvgIpc) is 2.30. The number of nitrogens with one attached hydrogen (secondary N) is 2. The quantitative estimate of drug-likeness (QED) is 0.713. The first-order chi connectivity index (χ1) is 7.81. The fourth-order valence-electron chi connectivity index (χ4n) is 1.78. The highest BCUT2D eigenvalue weighted by Gasteiger charge is 2.18. The van der Waals surface area contributed by atoms with Crippen LogP contribution in [-0.2, 0) is 9.59 Å². The molecule has 2 N–H and O–H groups in total. The number of piperazine rings is 1. The summed E-state index contributed by atoms with van der Waals surface area (Å²) in [4.78, 5) is 23.7. The molecular weight excluding hydrogens is 206 g/mol. The van der Waals surface area contributed by atoms with E-state index in [0.29, 0.717) is 19.5 Å². The van der Waals surface area contributed by atoms with E-state index in [9.17, 15) is 9.59 Å². The third-order valence-corrected chi connectivity index (χ3v) is 2.50. The van der Waals surface area contributed by atoms with Crippen molar-refractivity contribution in [1.82, 2.24) is 5.32 Å². The number of para-hydroxylation sites is 2. The SMILES string of the molecule is O=CNc1ccccc1N1CCNC(=O)C1. The molecule has 5 nitrogen and oxygen atoms in total. The molecule has 0 saturated carbocycles. The lowest BCUT2D eigenvalue weighted by atomic mass is 10.2. The second kappa shape index (κ2) is 4.65. The summed E-state index contributed by atoms with van der Waals surface area (Å²) in [6.45, 7) is 1.72. The molecule has 1 aliphatic heterocycles. The van der Waals surface area contributed by atoms with Crippen LogP contribution in [0, 0.1) is 0 Å². The van der Waals surface area contributed by atoms with Gasteiger partial charge in [-0.25, -0.2) is 0 Å². The topological polar surface area (TPSA) is 61.4 Å². The van der Waals surface area contributed by atoms with Crippen molar-refractivity contribution in [2.45, 2.75) is 0 Å². The smallest absolute Gasteiger partial charge is 0.239 e. The highest BCUT2D eigenvalue weighted by Crippen LogP contribution is 2.25. The fourth-order valence-corrected chi connectivity index (χ4v) is 1.78. The van der Waals surface area contributed by atoms with Gasteiger partial charge >= 0.3 is 0 Å². The Bertz CT molecular complexity index is 406. The van der Waals surface area contributed by atoms with Gasteiger partial charge in [-0.2, -0.15) is 0 Å². The third kappa shape index (κ3) is 2.13. The van der Waals surface area contributed by atoms with E-state index in [4.69, 9.17) is 0 Å². The molecule has 5 heteroatoms. The van der Waals surface area contributed by atoms with Crippen LogP contribution in [0.3, 0.4) is 0 Å². The summed E-state index contributed by atoms with van der Waals surface area (Å²) in [7, 11) is 0. The van der Waals surface area contributed by atoms with Crippen LogP contribution >= 0.6 is 0 Å². The first kappa shape index (κ1) is 10.5. The van der Waals surface area contributed by atoms with Crippen molar-refractivity contribution >= 4 is 23.7 Å². The summed E-state index contributed by atoms with van der Waals surface area (Å²) < 4.78 is 0. The third-order valence-electron chi connectivity index (χ3n) is 2.50. The molecule has 0 unspecified atom stereocenters. The van der Waals surface area contributed by atoms with E-state index in [1.807, 2.05) is 29.2 Å². The van der Waals surface area contributed by atoms with Gasteiger partial charge in [-0.15, -0.1) is 0 Å². The predicted molar refractivity (Wildman–Crippen MR) is 61.4 cm³/mol. The molecule has 1 aliphatic rings. The minimum atomic E-state index is 0.00663. The number of rotatable bonds is 3. The number of hydrogen-bond acceptors (Lipinski definition) is 3. The number of hydrogen-bond donors (Lipinski definition) is 2. The van der Waals surface area contributed by atoms with Gasteiger partial charge in [0.15, 0.2) is 0 Å². The second-order valence-electron chi connectivity index (χ2n) is 3.55. The summed E-state index contributed by atoms with van der Waals surface area (Å²) in [5, 5.41) is 5.40. The van der Waals surface area contributed by atoms with Gasteiger partial charge in [0.05, 0.1) is 17.9 Å². The number of amides is 2. The van der Waals surface area contributed by atoms with Crippen LogP contribution in [0.4, 0.5) is 11.4 Å². The molecule has 1 aromatic rings. The molecule has 1 fully saturated rings. The Morgan fingerprint density at radius 2 is 2.19 bits per heavy atom. The molecule has 0 atom stereocenters. The Balaban J connectivity index is 2.24. The minimum Gasteiger partial charge on any atom is -0.359 e. The van der Waals surface area contributed by atoms with Crippen LogP contribution in [0.5, 0.6) is 0 Å². The van der Waals surface area contributed by atoms with Crippen LogP contribution in [0.25, 0.3) is 0 Å². The van der Waals surface area contributed by atoms with Crippen LogP contribution < -0.4 is 15.5 Å². The largest absolute Gasteiger partial charge is 0.359 e. The Hall–Kier alpha value is -2.04. The molecule has 0 aliphatic carbocycles. The number of benzene rings is 1. The Morgan fingerprint density at radius 3 is 2.94 bits per heavy atom. The summed E-state index contributed by atoms with van der Waals surface area (Å²) >= 11 is 0. The molecule has 1 heterocycles. The lowest BCUT2D eigenvalue weighted by Crippen LogP contribution is -2.47. The van der Waals surface area contributed by atoms with E-state index in [1.54, 1.807) is 0 Å². The van der Waals surface area contributed by atoms with Crippen molar-refractivity contribution in [3.8, 4) is 0 Å². The summed E-state index contributed by atoms with van der Waals surface area (Å²) in [5.74, 6) is 0.00663. The van der Waals surface area contributed by atoms with Crippen molar-refractivity contribution in [3.05, 3.63) is 24.3 Å². The van der Waals surface area contributed by atoms with E-state index in [0.717, 1.165) is 17.9 Å². The van der Waals surface area contributed by atoms with Crippen molar-refractivity contribution in [3.63, 3.8) is 0 Å². The van der Waals surface area contributed by atoms with Crippen molar-refractivity contribution in [1.29, 1.82) is 0 Å². The molecule has 0 aromatic heterocycles. The molecule has 0 radical (unpaired) electrons. The summed E-state index contributed by atoms with van der Waals surface area (Å²) in [5.41, 5.74) is 1.61. The zero-order chi connectivity index (χ0) is 11.4. The molecule has 1 saturated heterocycles. The van der Waals surface area contributed by atoms with Gasteiger partial charge in [0, 0.05) is 13.1 Å². The lowest BCUT2D eigenvalue weighted by Gasteiger charge is -2.29. The minimum absolute atomic E-state index is 0.00663. The number of anilines is 2. The van der Waals surface area contributed by atoms with Crippen molar-refractivity contribution in [2.75, 3.05) is 29.9 Å². The maximum atomic E-state index is 11.3. The number of carbonyl (C=O) groups excluding carboxylic acids is 2. The van der Waals surface area contributed by atoms with Crippen molar-refractivity contribution in [2.24, 2.45) is 0 Å². The number of nitrogens with zero attached hydrogens (tertiary/aromatic N) is 1. The van der Waals surface area contributed by atoms with Gasteiger partial charge in [-0.3, -0.25) is 9.59 Å². The summed E-state index contributed by atoms with van der Waals surface area (Å²) in [6, 6.07) is 7.44. The van der Waals surface area contributed by atoms with Crippen molar-refractivity contribution < 1.29 is 9.59 Å². The van der Waals surface area contributed by atoms with Gasteiger partial charge in [-0.05, 0) is 12.1 Å². The molecular formula is C11H13N3O2. The molecule has 84 valence electrons. The average molecular weight is 219 g/mol. The Morgan fingerprint density at radius 1 is 1.38 bits per heavy atom. The van der Waals surface area contributed by atoms with E-state index in [1.165, 1.54) is 0 Å². The second-order valence-corrected chi connectivity index (χ2v) is 3.55. The van der Waals surface area contributed by atoms with Crippen LogP contribution in [-0.4, -0.2) is 32.0 Å². The Kier molecular flexibility index (Phi) is 3.05. The van der Waals surface area contributed by atoms with E-state index in [2.05, 4.69) is 10.6 Å². The van der Waals surface area contributed by atoms with Gasteiger partial charge < -0.3 is 15.5 Å². The maximum absolute atomic E-state index is 11.3. The standard InChI is InChI=1S/C11H13N3O2/c15-8-13-9-3-1-2-4-10(9)14-6-5-12-11(16)7-14/h1-4,8H,5-7H2,(H,12,16)(H,13,15). The van der Waals surface area contributed by atoms with E-state index < -0.39 is 0 Å². The highest BCUT2D eigenvalue weighted by atomic mass is 16.2. The normalized spacial score (nSPS) is 15.5. The zero-order valence-electron chi connectivity index (χ0n) is 8.77. The fraction of sp³-hybridized carbons (Fsp3) is 0.273. The monoisotopic (exact) mass is 219 g/mol. The maximum Gasteiger partial charge on any atom is 0.239 e. The van der Waals surface area contributed by atoms with Crippen LogP contribution in [0.2, 0.25) is 0 Å². The van der Waals surface area contributed by atoms with Gasteiger partial charge in [0.2, 0.25) is 12.3 Å². The lowest BCUT2D eigenvalue weighted by molar-refractivity contribution is -0.120. The highest BCUT2D eigenvalue weighted by molar-refractivity contribution is 5.87. The zero-order valence-corrected chi connectivity index (χ0v) is 8.77. The molecule has 16 heavy (non-hydrogen) atoms. The molecule has 2 amide bonds. The molecule has 2 rings (SSSR count). The first-order valence-corrected chi connectivity index (χ1v) is 5.12. The first-order valence-electron chi connectivity index (χ1n) is 5.12. The predicted octanol–water partition coefficient (Wildman–Crippen LogP) is 0.191. The molecule has 0 spiro atoms. The summed E-state index contributed by atoms with van der Waals surface area (Å²) in [6.07, 6.45) is 0.642.